The average Bonchev–Trinajstić information content (AvgIpc) is 2.75. The molecule has 86 valence electrons. The van der Waals surface area contributed by atoms with Gasteiger partial charge in [-0.05, 0) is 25.8 Å². The van der Waals surface area contributed by atoms with Gasteiger partial charge in [0.2, 0.25) is 0 Å². The van der Waals surface area contributed by atoms with E-state index in [4.69, 9.17) is 19.0 Å². The van der Waals surface area contributed by atoms with Crippen molar-refractivity contribution < 1.29 is 13.3 Å². The fourth-order valence-electron chi connectivity index (χ4n) is 2.91. The van der Waals surface area contributed by atoms with E-state index in [0.29, 0.717) is 18.8 Å². The van der Waals surface area contributed by atoms with Crippen LogP contribution in [-0.4, -0.2) is 33.7 Å². The summed E-state index contributed by atoms with van der Waals surface area (Å²) in [7, 11) is -2.26. The van der Waals surface area contributed by atoms with Crippen LogP contribution in [0.4, 0.5) is 0 Å². The first-order valence-electron chi connectivity index (χ1n) is 6.06. The van der Waals surface area contributed by atoms with Gasteiger partial charge in [0.1, 0.15) is 0 Å². The van der Waals surface area contributed by atoms with Crippen LogP contribution in [0.3, 0.4) is 0 Å². The Labute approximate surface area is 91.4 Å². The predicted octanol–water partition coefficient (Wildman–Crippen LogP) is 1.03. The van der Waals surface area contributed by atoms with Crippen LogP contribution < -0.4 is 5.73 Å². The SMILES string of the molecule is NCCC[Si]12OC3CCCCC(O1)C3O2. The van der Waals surface area contributed by atoms with Gasteiger partial charge in [-0.1, -0.05) is 12.8 Å². The van der Waals surface area contributed by atoms with Gasteiger partial charge in [-0.25, -0.2) is 0 Å². The van der Waals surface area contributed by atoms with Crippen molar-refractivity contribution in [1.29, 1.82) is 0 Å². The lowest BCUT2D eigenvalue weighted by Crippen LogP contribution is -2.45. The molecule has 0 aromatic carbocycles. The molecule has 0 amide bonds. The van der Waals surface area contributed by atoms with Crippen molar-refractivity contribution in [2.45, 2.75) is 56.5 Å². The third kappa shape index (κ3) is 1.66. The molecule has 2 saturated heterocycles. The van der Waals surface area contributed by atoms with Crippen LogP contribution in [0.1, 0.15) is 32.1 Å². The Morgan fingerprint density at radius 3 is 2.33 bits per heavy atom. The van der Waals surface area contributed by atoms with E-state index in [1.807, 2.05) is 0 Å². The van der Waals surface area contributed by atoms with E-state index < -0.39 is 8.80 Å². The molecule has 3 rings (SSSR count). The fraction of sp³-hybridized carbons (Fsp3) is 1.00. The topological polar surface area (TPSA) is 53.7 Å². The second-order valence-corrected chi connectivity index (χ2v) is 7.33. The Morgan fingerprint density at radius 2 is 1.73 bits per heavy atom. The Hall–Kier alpha value is 0.0569. The molecule has 0 aromatic rings. The Balaban J connectivity index is 1.73. The molecule has 2 bridgehead atoms. The molecule has 0 aromatic heterocycles. The maximum Gasteiger partial charge on any atom is 0.502 e. The monoisotopic (exact) mass is 229 g/mol. The van der Waals surface area contributed by atoms with Crippen LogP contribution in [-0.2, 0) is 13.3 Å². The maximum atomic E-state index is 6.05. The number of nitrogens with two attached hydrogens (primary N) is 1. The molecule has 0 radical (unpaired) electrons. The van der Waals surface area contributed by atoms with Crippen LogP contribution in [0.2, 0.25) is 6.04 Å². The van der Waals surface area contributed by atoms with Crippen LogP contribution >= 0.6 is 0 Å². The van der Waals surface area contributed by atoms with Crippen LogP contribution in [0.15, 0.2) is 0 Å². The maximum absolute atomic E-state index is 6.05. The zero-order valence-electron chi connectivity index (χ0n) is 8.98. The number of hydrogen-bond acceptors (Lipinski definition) is 4. The molecule has 3 fully saturated rings. The Kier molecular flexibility index (Phi) is 2.60. The summed E-state index contributed by atoms with van der Waals surface area (Å²) < 4.78 is 18.1. The van der Waals surface area contributed by atoms with Gasteiger partial charge >= 0.3 is 8.80 Å². The van der Waals surface area contributed by atoms with Gasteiger partial charge in [-0.3, -0.25) is 0 Å². The summed E-state index contributed by atoms with van der Waals surface area (Å²) in [6.07, 6.45) is 6.68. The number of fused-ring (bicyclic) bond motifs is 1. The van der Waals surface area contributed by atoms with Gasteiger partial charge < -0.3 is 19.0 Å². The predicted molar refractivity (Wildman–Crippen MR) is 57.3 cm³/mol. The van der Waals surface area contributed by atoms with E-state index in [0.717, 1.165) is 25.3 Å². The average molecular weight is 229 g/mol. The summed E-state index contributed by atoms with van der Waals surface area (Å²) in [5.74, 6) is 0. The standard InChI is InChI=1S/C10H19NO3Si/c11-6-3-7-15-12-8-4-1-2-5-9(13-15)10(8)14-15/h8-10H,1-7,11H2. The van der Waals surface area contributed by atoms with Crippen molar-refractivity contribution in [3.8, 4) is 0 Å². The van der Waals surface area contributed by atoms with E-state index in [1.165, 1.54) is 12.8 Å². The smallest absolute Gasteiger partial charge is 0.368 e. The van der Waals surface area contributed by atoms with Crippen LogP contribution in [0.5, 0.6) is 0 Å². The van der Waals surface area contributed by atoms with E-state index in [1.54, 1.807) is 0 Å². The second-order valence-electron chi connectivity index (χ2n) is 4.75. The molecule has 2 atom stereocenters. The summed E-state index contributed by atoms with van der Waals surface area (Å²) in [5, 5.41) is 0. The van der Waals surface area contributed by atoms with Crippen molar-refractivity contribution in [2.24, 2.45) is 5.73 Å². The lowest BCUT2D eigenvalue weighted by Gasteiger charge is -2.28. The molecule has 0 spiro atoms. The summed E-state index contributed by atoms with van der Waals surface area (Å²) in [6.45, 7) is 0.699. The van der Waals surface area contributed by atoms with E-state index >= 15 is 0 Å². The normalized spacial score (nSPS) is 48.2. The fourth-order valence-corrected chi connectivity index (χ4v) is 6.21. The van der Waals surface area contributed by atoms with E-state index in [9.17, 15) is 0 Å². The summed E-state index contributed by atoms with van der Waals surface area (Å²) in [5.41, 5.74) is 5.54. The largest absolute Gasteiger partial charge is 0.502 e. The molecule has 1 aliphatic carbocycles. The van der Waals surface area contributed by atoms with Crippen molar-refractivity contribution in [2.75, 3.05) is 6.54 Å². The first-order chi connectivity index (χ1) is 7.33. The highest BCUT2D eigenvalue weighted by molar-refractivity contribution is 6.62. The third-order valence-electron chi connectivity index (χ3n) is 3.62. The minimum absolute atomic E-state index is 0.247. The van der Waals surface area contributed by atoms with Crippen LogP contribution in [0.25, 0.3) is 0 Å². The highest BCUT2D eigenvalue weighted by Crippen LogP contribution is 2.45. The quantitative estimate of drug-likeness (QED) is 0.734. The molecule has 1 saturated carbocycles. The van der Waals surface area contributed by atoms with Gasteiger partial charge in [0.15, 0.2) is 0 Å². The summed E-state index contributed by atoms with van der Waals surface area (Å²) >= 11 is 0. The number of hydrogen-bond donors (Lipinski definition) is 1. The first kappa shape index (κ1) is 10.2. The summed E-state index contributed by atoms with van der Waals surface area (Å²) in [4.78, 5) is 0. The third-order valence-corrected chi connectivity index (χ3v) is 6.55. The number of rotatable bonds is 3. The molecule has 15 heavy (non-hydrogen) atoms. The minimum Gasteiger partial charge on any atom is -0.368 e. The Morgan fingerprint density at radius 1 is 1.07 bits per heavy atom. The highest BCUT2D eigenvalue weighted by Gasteiger charge is 2.63. The van der Waals surface area contributed by atoms with Crippen molar-refractivity contribution in [3.63, 3.8) is 0 Å². The molecular formula is C10H19NO3Si. The first-order valence-corrected chi connectivity index (χ1v) is 8.00. The molecule has 5 heteroatoms. The lowest BCUT2D eigenvalue weighted by molar-refractivity contribution is 0.0260. The van der Waals surface area contributed by atoms with E-state index in [-0.39, 0.29) is 6.10 Å². The molecular weight excluding hydrogens is 210 g/mol. The molecule has 2 N–H and O–H groups in total. The molecule has 3 aliphatic rings. The zero-order chi connectivity index (χ0) is 10.3. The van der Waals surface area contributed by atoms with Crippen molar-refractivity contribution in [3.05, 3.63) is 0 Å². The lowest BCUT2D eigenvalue weighted by atomic mass is 10.1. The van der Waals surface area contributed by atoms with E-state index in [2.05, 4.69) is 0 Å². The van der Waals surface area contributed by atoms with Gasteiger partial charge in [0.05, 0.1) is 18.3 Å². The van der Waals surface area contributed by atoms with Gasteiger partial charge in [0, 0.05) is 6.04 Å². The molecule has 2 unspecified atom stereocenters. The Bertz CT molecular complexity index is 229. The zero-order valence-corrected chi connectivity index (χ0v) is 9.98. The highest BCUT2D eigenvalue weighted by atomic mass is 28.4. The minimum atomic E-state index is -2.26. The second kappa shape index (κ2) is 3.82. The van der Waals surface area contributed by atoms with Gasteiger partial charge in [0.25, 0.3) is 0 Å². The van der Waals surface area contributed by atoms with Gasteiger partial charge in [-0.15, -0.1) is 0 Å². The molecule has 2 heterocycles. The summed E-state index contributed by atoms with van der Waals surface area (Å²) in [6, 6.07) is 0.910. The van der Waals surface area contributed by atoms with Crippen molar-refractivity contribution >= 4 is 8.80 Å². The van der Waals surface area contributed by atoms with Crippen LogP contribution in [0, 0.1) is 0 Å². The molecule has 2 aliphatic heterocycles. The van der Waals surface area contributed by atoms with Crippen molar-refractivity contribution in [1.82, 2.24) is 0 Å². The van der Waals surface area contributed by atoms with Gasteiger partial charge in [-0.2, -0.15) is 0 Å². The molecule has 4 nitrogen and oxygen atoms in total.